The minimum atomic E-state index is 0.131. The lowest BCUT2D eigenvalue weighted by atomic mass is 10.1. The summed E-state index contributed by atoms with van der Waals surface area (Å²) in [6, 6.07) is 7.59. The highest BCUT2D eigenvalue weighted by molar-refractivity contribution is 5.94. The number of aromatic nitrogens is 2. The molecule has 0 bridgehead atoms. The van der Waals surface area contributed by atoms with Crippen LogP contribution in [0.4, 0.5) is 5.95 Å². The van der Waals surface area contributed by atoms with Crippen molar-refractivity contribution in [1.29, 1.82) is 0 Å². The Morgan fingerprint density at radius 2 is 1.82 bits per heavy atom. The summed E-state index contributed by atoms with van der Waals surface area (Å²) in [5.74, 6) is 2.30. The molecule has 0 spiro atoms. The lowest BCUT2D eigenvalue weighted by molar-refractivity contribution is 0.0724. The van der Waals surface area contributed by atoms with Gasteiger partial charge >= 0.3 is 0 Å². The number of anilines is 1. The summed E-state index contributed by atoms with van der Waals surface area (Å²) in [6.07, 6.45) is 6.17. The Labute approximate surface area is 165 Å². The molecule has 28 heavy (non-hydrogen) atoms. The second-order valence-corrected chi connectivity index (χ2v) is 7.52. The highest BCUT2D eigenvalue weighted by Crippen LogP contribution is 2.23. The molecule has 2 aliphatic heterocycles. The number of aryl methyl sites for hydroxylation is 1. The standard InChI is InChI=1S/C21H28N4O3/c1-2-19-22-21(23-28-19)25-14-10-18(11-15-25)27-17-8-6-16(7-9-17)20(26)24-12-4-3-5-13-24/h6-9,18H,2-5,10-15H2,1H3. The molecule has 0 atom stereocenters. The van der Waals surface area contributed by atoms with E-state index in [1.54, 1.807) is 0 Å². The summed E-state index contributed by atoms with van der Waals surface area (Å²) >= 11 is 0. The Kier molecular flexibility index (Phi) is 5.78. The summed E-state index contributed by atoms with van der Waals surface area (Å²) in [7, 11) is 0. The van der Waals surface area contributed by atoms with Crippen molar-refractivity contribution in [2.24, 2.45) is 0 Å². The van der Waals surface area contributed by atoms with E-state index in [0.29, 0.717) is 11.8 Å². The van der Waals surface area contributed by atoms with Gasteiger partial charge in [-0.3, -0.25) is 4.79 Å². The zero-order valence-electron chi connectivity index (χ0n) is 16.5. The fraction of sp³-hybridized carbons (Fsp3) is 0.571. The van der Waals surface area contributed by atoms with Crippen LogP contribution in [-0.4, -0.2) is 53.2 Å². The molecule has 2 aliphatic rings. The van der Waals surface area contributed by atoms with Crippen LogP contribution in [0.2, 0.25) is 0 Å². The van der Waals surface area contributed by atoms with E-state index >= 15 is 0 Å². The molecule has 1 aromatic heterocycles. The average molecular weight is 384 g/mol. The molecule has 7 heteroatoms. The van der Waals surface area contributed by atoms with Crippen molar-refractivity contribution in [2.45, 2.75) is 51.6 Å². The number of likely N-dealkylation sites (tertiary alicyclic amines) is 1. The first kappa shape index (κ1) is 18.8. The smallest absolute Gasteiger partial charge is 0.266 e. The monoisotopic (exact) mass is 384 g/mol. The van der Waals surface area contributed by atoms with E-state index in [0.717, 1.165) is 69.6 Å². The maximum atomic E-state index is 12.6. The van der Waals surface area contributed by atoms with Gasteiger partial charge in [0.15, 0.2) is 0 Å². The van der Waals surface area contributed by atoms with Crippen LogP contribution in [0.25, 0.3) is 0 Å². The van der Waals surface area contributed by atoms with Crippen molar-refractivity contribution in [1.82, 2.24) is 15.0 Å². The van der Waals surface area contributed by atoms with E-state index in [1.807, 2.05) is 36.1 Å². The third kappa shape index (κ3) is 4.29. The normalized spacial score (nSPS) is 18.3. The van der Waals surface area contributed by atoms with Gasteiger partial charge in [-0.2, -0.15) is 4.98 Å². The predicted octanol–water partition coefficient (Wildman–Crippen LogP) is 3.31. The first-order valence-corrected chi connectivity index (χ1v) is 10.4. The number of carbonyl (C=O) groups is 1. The van der Waals surface area contributed by atoms with Crippen LogP contribution in [0, 0.1) is 0 Å². The molecular weight excluding hydrogens is 356 g/mol. The van der Waals surface area contributed by atoms with Crippen molar-refractivity contribution < 1.29 is 14.1 Å². The topological polar surface area (TPSA) is 71.7 Å². The Balaban J connectivity index is 1.28. The number of amides is 1. The largest absolute Gasteiger partial charge is 0.490 e. The second kappa shape index (κ2) is 8.63. The van der Waals surface area contributed by atoms with E-state index in [1.165, 1.54) is 6.42 Å². The van der Waals surface area contributed by atoms with Crippen LogP contribution in [0.3, 0.4) is 0 Å². The molecule has 1 aromatic carbocycles. The molecule has 0 saturated carbocycles. The third-order valence-electron chi connectivity index (χ3n) is 5.53. The molecule has 2 saturated heterocycles. The van der Waals surface area contributed by atoms with Gasteiger partial charge in [0.05, 0.1) is 0 Å². The summed E-state index contributed by atoms with van der Waals surface area (Å²) < 4.78 is 11.3. The number of hydrogen-bond donors (Lipinski definition) is 0. The van der Waals surface area contributed by atoms with E-state index in [4.69, 9.17) is 9.26 Å². The van der Waals surface area contributed by atoms with E-state index < -0.39 is 0 Å². The van der Waals surface area contributed by atoms with Crippen molar-refractivity contribution in [3.63, 3.8) is 0 Å². The van der Waals surface area contributed by atoms with Crippen molar-refractivity contribution in [3.8, 4) is 5.75 Å². The molecule has 2 fully saturated rings. The average Bonchev–Trinajstić information content (AvgIpc) is 3.24. The summed E-state index contributed by atoms with van der Waals surface area (Å²) in [6.45, 7) is 5.44. The highest BCUT2D eigenvalue weighted by Gasteiger charge is 2.24. The zero-order valence-corrected chi connectivity index (χ0v) is 16.5. The first-order chi connectivity index (χ1) is 13.7. The molecular formula is C21H28N4O3. The molecule has 7 nitrogen and oxygen atoms in total. The van der Waals surface area contributed by atoms with Crippen molar-refractivity contribution in [2.75, 3.05) is 31.1 Å². The Hall–Kier alpha value is -2.57. The molecule has 0 unspecified atom stereocenters. The van der Waals surface area contributed by atoms with Crippen molar-refractivity contribution in [3.05, 3.63) is 35.7 Å². The second-order valence-electron chi connectivity index (χ2n) is 7.52. The molecule has 0 N–H and O–H groups in total. The fourth-order valence-electron chi connectivity index (χ4n) is 3.84. The number of nitrogens with zero attached hydrogens (tertiary/aromatic N) is 4. The maximum Gasteiger partial charge on any atom is 0.266 e. The minimum absolute atomic E-state index is 0.131. The number of hydrogen-bond acceptors (Lipinski definition) is 6. The van der Waals surface area contributed by atoms with Gasteiger partial charge in [-0.25, -0.2) is 0 Å². The van der Waals surface area contributed by atoms with E-state index in [9.17, 15) is 4.79 Å². The van der Waals surface area contributed by atoms with Crippen LogP contribution >= 0.6 is 0 Å². The van der Waals surface area contributed by atoms with Crippen LogP contribution in [0.1, 0.15) is 55.3 Å². The summed E-state index contributed by atoms with van der Waals surface area (Å²) in [5, 5.41) is 4.05. The molecule has 3 heterocycles. The fourth-order valence-corrected chi connectivity index (χ4v) is 3.84. The summed E-state index contributed by atoms with van der Waals surface area (Å²) in [5.41, 5.74) is 0.743. The van der Waals surface area contributed by atoms with Crippen molar-refractivity contribution >= 4 is 11.9 Å². The number of benzene rings is 1. The van der Waals surface area contributed by atoms with Gasteiger partial charge in [-0.05, 0) is 48.7 Å². The number of carbonyl (C=O) groups excluding carboxylic acids is 1. The maximum absolute atomic E-state index is 12.6. The van der Waals surface area contributed by atoms with E-state index in [2.05, 4.69) is 15.0 Å². The van der Waals surface area contributed by atoms with Gasteiger partial charge in [-0.15, -0.1) is 0 Å². The molecule has 150 valence electrons. The first-order valence-electron chi connectivity index (χ1n) is 10.4. The third-order valence-corrected chi connectivity index (χ3v) is 5.53. The highest BCUT2D eigenvalue weighted by atomic mass is 16.5. The van der Waals surface area contributed by atoms with Gasteiger partial charge in [0.2, 0.25) is 5.89 Å². The quantitative estimate of drug-likeness (QED) is 0.788. The van der Waals surface area contributed by atoms with Gasteiger partial charge < -0.3 is 19.1 Å². The predicted molar refractivity (Wildman–Crippen MR) is 106 cm³/mol. The number of piperidine rings is 2. The summed E-state index contributed by atoms with van der Waals surface area (Å²) in [4.78, 5) is 21.1. The number of ether oxygens (including phenoxy) is 1. The van der Waals surface area contributed by atoms with Crippen LogP contribution < -0.4 is 9.64 Å². The lowest BCUT2D eigenvalue weighted by Gasteiger charge is -2.31. The van der Waals surface area contributed by atoms with Crippen LogP contribution in [-0.2, 0) is 6.42 Å². The molecule has 0 aliphatic carbocycles. The Bertz CT molecular complexity index is 775. The SMILES string of the molecule is CCc1nc(N2CCC(Oc3ccc(C(=O)N4CCCCC4)cc3)CC2)no1. The molecule has 1 amide bonds. The van der Waals surface area contributed by atoms with E-state index in [-0.39, 0.29) is 12.0 Å². The van der Waals surface area contributed by atoms with Gasteiger partial charge in [0.1, 0.15) is 11.9 Å². The Morgan fingerprint density at radius 1 is 1.11 bits per heavy atom. The van der Waals surface area contributed by atoms with Gasteiger partial charge in [0, 0.05) is 51.0 Å². The Morgan fingerprint density at radius 3 is 2.46 bits per heavy atom. The van der Waals surface area contributed by atoms with Crippen LogP contribution in [0.15, 0.2) is 28.8 Å². The van der Waals surface area contributed by atoms with Crippen LogP contribution in [0.5, 0.6) is 5.75 Å². The van der Waals surface area contributed by atoms with Gasteiger partial charge in [-0.1, -0.05) is 6.92 Å². The minimum Gasteiger partial charge on any atom is -0.490 e. The molecule has 2 aromatic rings. The number of rotatable bonds is 5. The molecule has 4 rings (SSSR count). The molecule has 0 radical (unpaired) electrons. The van der Waals surface area contributed by atoms with Gasteiger partial charge in [0.25, 0.3) is 11.9 Å². The lowest BCUT2D eigenvalue weighted by Crippen LogP contribution is -2.38. The zero-order chi connectivity index (χ0) is 19.3.